The quantitative estimate of drug-likeness (QED) is 0.879. The van der Waals surface area contributed by atoms with E-state index in [4.69, 9.17) is 16.3 Å². The predicted octanol–water partition coefficient (Wildman–Crippen LogP) is 3.54. The van der Waals surface area contributed by atoms with Gasteiger partial charge in [-0.05, 0) is 32.0 Å². The third-order valence-corrected chi connectivity index (χ3v) is 3.36. The number of ether oxygens (including phenoxy) is 1. The van der Waals surface area contributed by atoms with Gasteiger partial charge in [0.25, 0.3) is 5.91 Å². The van der Waals surface area contributed by atoms with Gasteiger partial charge in [-0.15, -0.1) is 0 Å². The van der Waals surface area contributed by atoms with Crippen molar-refractivity contribution in [3.8, 4) is 5.75 Å². The van der Waals surface area contributed by atoms with Gasteiger partial charge in [0.15, 0.2) is 0 Å². The van der Waals surface area contributed by atoms with E-state index in [0.717, 1.165) is 16.9 Å². The first kappa shape index (κ1) is 15.3. The van der Waals surface area contributed by atoms with E-state index in [9.17, 15) is 4.79 Å². The minimum Gasteiger partial charge on any atom is -0.496 e. The Labute approximate surface area is 129 Å². The van der Waals surface area contributed by atoms with Crippen molar-refractivity contribution in [2.45, 2.75) is 19.9 Å². The summed E-state index contributed by atoms with van der Waals surface area (Å²) in [6, 6.07) is 10.6. The predicted molar refractivity (Wildman–Crippen MR) is 82.9 cm³/mol. The second-order valence-electron chi connectivity index (χ2n) is 4.79. The van der Waals surface area contributed by atoms with Crippen molar-refractivity contribution in [3.05, 3.63) is 58.4 Å². The Hall–Kier alpha value is -2.07. The number of rotatable bonds is 4. The lowest BCUT2D eigenvalue weighted by Crippen LogP contribution is -2.27. The molecule has 5 heteroatoms. The molecule has 1 unspecified atom stereocenters. The zero-order valence-electron chi connectivity index (χ0n) is 12.2. The van der Waals surface area contributed by atoms with Gasteiger partial charge in [0.2, 0.25) is 0 Å². The highest BCUT2D eigenvalue weighted by atomic mass is 35.5. The van der Waals surface area contributed by atoms with Gasteiger partial charge in [-0.25, -0.2) is 4.98 Å². The van der Waals surface area contributed by atoms with Gasteiger partial charge in [-0.3, -0.25) is 4.79 Å². The van der Waals surface area contributed by atoms with E-state index >= 15 is 0 Å². The number of aryl methyl sites for hydroxylation is 1. The Balaban J connectivity index is 2.20. The molecule has 0 fully saturated rings. The lowest BCUT2D eigenvalue weighted by Gasteiger charge is -2.17. The lowest BCUT2D eigenvalue weighted by molar-refractivity contribution is 0.0934. The molecule has 21 heavy (non-hydrogen) atoms. The van der Waals surface area contributed by atoms with Gasteiger partial charge >= 0.3 is 0 Å². The van der Waals surface area contributed by atoms with Crippen LogP contribution in [-0.4, -0.2) is 18.0 Å². The minimum atomic E-state index is -0.270. The summed E-state index contributed by atoms with van der Waals surface area (Å²) < 4.78 is 5.34. The number of halogens is 1. The fourth-order valence-electron chi connectivity index (χ4n) is 2.08. The van der Waals surface area contributed by atoms with E-state index < -0.39 is 0 Å². The Morgan fingerprint density at radius 2 is 2.10 bits per heavy atom. The highest BCUT2D eigenvalue weighted by Gasteiger charge is 2.16. The fourth-order valence-corrected chi connectivity index (χ4v) is 2.24. The number of methoxy groups -OCH3 is 1. The highest BCUT2D eigenvalue weighted by Crippen LogP contribution is 2.26. The Morgan fingerprint density at radius 3 is 2.76 bits per heavy atom. The van der Waals surface area contributed by atoms with Crippen molar-refractivity contribution in [3.63, 3.8) is 0 Å². The molecule has 0 bridgehead atoms. The molecule has 1 aromatic carbocycles. The molecule has 110 valence electrons. The molecule has 2 aromatic rings. The molecule has 1 aromatic heterocycles. The largest absolute Gasteiger partial charge is 0.496 e. The van der Waals surface area contributed by atoms with Crippen molar-refractivity contribution in [2.24, 2.45) is 0 Å². The summed E-state index contributed by atoms with van der Waals surface area (Å²) in [6.45, 7) is 3.90. The lowest BCUT2D eigenvalue weighted by atomic mass is 10.0. The second kappa shape index (κ2) is 6.59. The average molecular weight is 305 g/mol. The van der Waals surface area contributed by atoms with E-state index in [-0.39, 0.29) is 11.9 Å². The van der Waals surface area contributed by atoms with Crippen molar-refractivity contribution in [1.29, 1.82) is 0 Å². The molecule has 0 spiro atoms. The molecule has 0 radical (unpaired) electrons. The van der Waals surface area contributed by atoms with Crippen LogP contribution in [0.15, 0.2) is 36.4 Å². The van der Waals surface area contributed by atoms with Crippen LogP contribution in [0.25, 0.3) is 0 Å². The Bertz CT molecular complexity index is 658. The molecule has 1 heterocycles. The van der Waals surface area contributed by atoms with Crippen molar-refractivity contribution >= 4 is 17.5 Å². The van der Waals surface area contributed by atoms with Gasteiger partial charge in [0, 0.05) is 5.56 Å². The van der Waals surface area contributed by atoms with Crippen molar-refractivity contribution < 1.29 is 9.53 Å². The standard InChI is InChI=1S/C16H17ClN2O2/c1-10-7-8-14(21-3)12(9-10)11(2)18-16(20)13-5-4-6-15(17)19-13/h4-9,11H,1-3H3,(H,18,20). The Morgan fingerprint density at radius 1 is 1.33 bits per heavy atom. The highest BCUT2D eigenvalue weighted by molar-refractivity contribution is 6.29. The van der Waals surface area contributed by atoms with Crippen LogP contribution >= 0.6 is 11.6 Å². The van der Waals surface area contributed by atoms with Crippen LogP contribution in [0.4, 0.5) is 0 Å². The zero-order chi connectivity index (χ0) is 15.4. The van der Waals surface area contributed by atoms with Gasteiger partial charge < -0.3 is 10.1 Å². The number of nitrogens with one attached hydrogen (secondary N) is 1. The van der Waals surface area contributed by atoms with E-state index in [1.807, 2.05) is 32.0 Å². The molecule has 2 rings (SSSR count). The molecule has 4 nitrogen and oxygen atoms in total. The van der Waals surface area contributed by atoms with Crippen LogP contribution in [0.3, 0.4) is 0 Å². The summed E-state index contributed by atoms with van der Waals surface area (Å²) in [5.74, 6) is 0.473. The summed E-state index contributed by atoms with van der Waals surface area (Å²) >= 11 is 5.80. The number of carbonyl (C=O) groups is 1. The number of nitrogens with zero attached hydrogens (tertiary/aromatic N) is 1. The van der Waals surface area contributed by atoms with E-state index in [2.05, 4.69) is 10.3 Å². The zero-order valence-corrected chi connectivity index (χ0v) is 12.9. The van der Waals surface area contributed by atoms with Crippen LogP contribution in [0.5, 0.6) is 5.75 Å². The molecule has 0 saturated carbocycles. The van der Waals surface area contributed by atoms with Gasteiger partial charge in [-0.2, -0.15) is 0 Å². The van der Waals surface area contributed by atoms with Crippen LogP contribution in [-0.2, 0) is 0 Å². The van der Waals surface area contributed by atoms with Gasteiger partial charge in [0.1, 0.15) is 16.6 Å². The van der Waals surface area contributed by atoms with Crippen LogP contribution in [0.1, 0.15) is 34.6 Å². The monoisotopic (exact) mass is 304 g/mol. The molecule has 0 aliphatic carbocycles. The maximum Gasteiger partial charge on any atom is 0.270 e. The number of carbonyl (C=O) groups excluding carboxylic acids is 1. The summed E-state index contributed by atoms with van der Waals surface area (Å²) in [7, 11) is 1.61. The van der Waals surface area contributed by atoms with Crippen molar-refractivity contribution in [2.75, 3.05) is 7.11 Å². The van der Waals surface area contributed by atoms with Crippen LogP contribution < -0.4 is 10.1 Å². The van der Waals surface area contributed by atoms with Crippen molar-refractivity contribution in [1.82, 2.24) is 10.3 Å². The summed E-state index contributed by atoms with van der Waals surface area (Å²) in [5.41, 5.74) is 2.32. The topological polar surface area (TPSA) is 51.2 Å². The van der Waals surface area contributed by atoms with E-state index in [1.54, 1.807) is 25.3 Å². The summed E-state index contributed by atoms with van der Waals surface area (Å²) in [6.07, 6.45) is 0. The van der Waals surface area contributed by atoms with E-state index in [1.165, 1.54) is 0 Å². The normalized spacial score (nSPS) is 11.8. The first-order valence-electron chi connectivity index (χ1n) is 6.59. The molecule has 0 aliphatic rings. The van der Waals surface area contributed by atoms with Crippen LogP contribution in [0, 0.1) is 6.92 Å². The number of pyridine rings is 1. The number of aromatic nitrogens is 1. The first-order valence-corrected chi connectivity index (χ1v) is 6.97. The first-order chi connectivity index (χ1) is 10.0. The molecule has 0 aliphatic heterocycles. The summed E-state index contributed by atoms with van der Waals surface area (Å²) in [4.78, 5) is 16.2. The molecular formula is C16H17ClN2O2. The second-order valence-corrected chi connectivity index (χ2v) is 5.17. The molecule has 1 atom stereocenters. The molecular weight excluding hydrogens is 288 g/mol. The summed E-state index contributed by atoms with van der Waals surface area (Å²) in [5, 5.41) is 3.20. The molecule has 1 amide bonds. The minimum absolute atomic E-state index is 0.201. The maximum atomic E-state index is 12.2. The third-order valence-electron chi connectivity index (χ3n) is 3.15. The smallest absolute Gasteiger partial charge is 0.270 e. The molecule has 1 N–H and O–H groups in total. The fraction of sp³-hybridized carbons (Fsp3) is 0.250. The maximum absolute atomic E-state index is 12.2. The number of hydrogen-bond acceptors (Lipinski definition) is 3. The third kappa shape index (κ3) is 3.73. The van der Waals surface area contributed by atoms with E-state index in [0.29, 0.717) is 10.8 Å². The number of hydrogen-bond donors (Lipinski definition) is 1. The number of benzene rings is 1. The average Bonchev–Trinajstić information content (AvgIpc) is 2.47. The van der Waals surface area contributed by atoms with Gasteiger partial charge in [0.05, 0.1) is 13.2 Å². The molecule has 0 saturated heterocycles. The van der Waals surface area contributed by atoms with Gasteiger partial charge in [-0.1, -0.05) is 35.4 Å². The van der Waals surface area contributed by atoms with Crippen LogP contribution in [0.2, 0.25) is 5.15 Å². The Kier molecular flexibility index (Phi) is 4.81. The number of amides is 1. The SMILES string of the molecule is COc1ccc(C)cc1C(C)NC(=O)c1cccc(Cl)n1.